The summed E-state index contributed by atoms with van der Waals surface area (Å²) in [4.78, 5) is 0. The average Bonchev–Trinajstić information content (AvgIpc) is 2.29. The summed E-state index contributed by atoms with van der Waals surface area (Å²) >= 11 is 3.53. The van der Waals surface area contributed by atoms with E-state index in [1.807, 2.05) is 0 Å². The first-order chi connectivity index (χ1) is 7.69. The molecule has 90 valence electrons. The molecule has 0 saturated heterocycles. The fourth-order valence-electron chi connectivity index (χ4n) is 2.03. The Balaban J connectivity index is 2.70. The largest absolute Gasteiger partial charge is 0.313 e. The molecule has 2 heteroatoms. The van der Waals surface area contributed by atoms with Crippen LogP contribution in [0, 0.1) is 0 Å². The second-order valence-electron chi connectivity index (χ2n) is 4.31. The third-order valence-electron chi connectivity index (χ3n) is 3.07. The number of hydrogen-bond donors (Lipinski definition) is 1. The molecular formula is C14H22BrN. The zero-order valence-electron chi connectivity index (χ0n) is 10.5. The number of hydrogen-bond acceptors (Lipinski definition) is 1. The van der Waals surface area contributed by atoms with Gasteiger partial charge in [0, 0.05) is 10.5 Å². The molecule has 0 aliphatic heterocycles. The first kappa shape index (κ1) is 13.7. The van der Waals surface area contributed by atoms with Crippen LogP contribution in [0.2, 0.25) is 0 Å². The molecule has 0 heterocycles. The van der Waals surface area contributed by atoms with Crippen LogP contribution in [0.1, 0.15) is 45.1 Å². The zero-order valence-corrected chi connectivity index (χ0v) is 12.0. The smallest absolute Gasteiger partial charge is 0.0178 e. The second kappa shape index (κ2) is 7.08. The van der Waals surface area contributed by atoms with Crippen molar-refractivity contribution in [1.29, 1.82) is 0 Å². The lowest BCUT2D eigenvalue weighted by molar-refractivity contribution is 0.438. The first-order valence-corrected chi connectivity index (χ1v) is 6.97. The van der Waals surface area contributed by atoms with Gasteiger partial charge in [-0.05, 0) is 43.0 Å². The molecule has 0 fully saturated rings. The van der Waals surface area contributed by atoms with Gasteiger partial charge in [-0.3, -0.25) is 0 Å². The van der Waals surface area contributed by atoms with E-state index in [-0.39, 0.29) is 0 Å². The monoisotopic (exact) mass is 283 g/mol. The maximum absolute atomic E-state index is 3.62. The molecule has 0 aliphatic carbocycles. The third-order valence-corrected chi connectivity index (χ3v) is 3.57. The van der Waals surface area contributed by atoms with Gasteiger partial charge in [-0.25, -0.2) is 0 Å². The maximum atomic E-state index is 3.62. The molecular weight excluding hydrogens is 262 g/mol. The Morgan fingerprint density at radius 2 is 2.06 bits per heavy atom. The van der Waals surface area contributed by atoms with E-state index in [9.17, 15) is 0 Å². The molecule has 1 aromatic carbocycles. The molecule has 16 heavy (non-hydrogen) atoms. The van der Waals surface area contributed by atoms with Crippen LogP contribution in [0.25, 0.3) is 0 Å². The predicted molar refractivity (Wildman–Crippen MR) is 74.9 cm³/mol. The van der Waals surface area contributed by atoms with Crippen molar-refractivity contribution in [2.24, 2.45) is 0 Å². The van der Waals surface area contributed by atoms with Crippen molar-refractivity contribution in [3.63, 3.8) is 0 Å². The minimum atomic E-state index is 0.564. The highest BCUT2D eigenvalue weighted by atomic mass is 79.9. The fourth-order valence-corrected chi connectivity index (χ4v) is 2.44. The summed E-state index contributed by atoms with van der Waals surface area (Å²) in [5, 5.41) is 3.62. The average molecular weight is 284 g/mol. The lowest BCUT2D eigenvalue weighted by Crippen LogP contribution is -2.33. The van der Waals surface area contributed by atoms with E-state index in [0.717, 1.165) is 6.54 Å². The molecule has 0 radical (unpaired) electrons. The van der Waals surface area contributed by atoms with Crippen LogP contribution < -0.4 is 5.32 Å². The van der Waals surface area contributed by atoms with Crippen molar-refractivity contribution in [3.05, 3.63) is 34.3 Å². The minimum absolute atomic E-state index is 0.564. The van der Waals surface area contributed by atoms with E-state index in [2.05, 4.69) is 66.3 Å². The molecule has 1 N–H and O–H groups in total. The van der Waals surface area contributed by atoms with E-state index in [1.54, 1.807) is 0 Å². The van der Waals surface area contributed by atoms with Gasteiger partial charge in [0.15, 0.2) is 0 Å². The fraction of sp³-hybridized carbons (Fsp3) is 0.571. The maximum Gasteiger partial charge on any atom is 0.0178 e. The van der Waals surface area contributed by atoms with Crippen molar-refractivity contribution in [3.8, 4) is 0 Å². The van der Waals surface area contributed by atoms with Gasteiger partial charge >= 0.3 is 0 Å². The Morgan fingerprint density at radius 1 is 1.31 bits per heavy atom. The van der Waals surface area contributed by atoms with E-state index < -0.39 is 0 Å². The summed E-state index contributed by atoms with van der Waals surface area (Å²) in [6.45, 7) is 7.88. The van der Waals surface area contributed by atoms with Crippen LogP contribution in [-0.2, 0) is 0 Å². The SMILES string of the molecule is CCCNC(CC)C(C)c1cccc(Br)c1. The Labute approximate surface area is 108 Å². The Morgan fingerprint density at radius 3 is 2.62 bits per heavy atom. The quantitative estimate of drug-likeness (QED) is 0.819. The van der Waals surface area contributed by atoms with E-state index in [1.165, 1.54) is 22.9 Å². The summed E-state index contributed by atoms with van der Waals surface area (Å²) in [7, 11) is 0. The zero-order chi connectivity index (χ0) is 12.0. The van der Waals surface area contributed by atoms with Crippen molar-refractivity contribution < 1.29 is 0 Å². The molecule has 1 aromatic rings. The number of benzene rings is 1. The lowest BCUT2D eigenvalue weighted by Gasteiger charge is -2.24. The Kier molecular flexibility index (Phi) is 6.07. The van der Waals surface area contributed by atoms with Gasteiger partial charge in [0.1, 0.15) is 0 Å². The van der Waals surface area contributed by atoms with Gasteiger partial charge in [0.2, 0.25) is 0 Å². The van der Waals surface area contributed by atoms with E-state index >= 15 is 0 Å². The van der Waals surface area contributed by atoms with E-state index in [0.29, 0.717) is 12.0 Å². The highest BCUT2D eigenvalue weighted by Crippen LogP contribution is 2.23. The molecule has 1 rings (SSSR count). The van der Waals surface area contributed by atoms with Gasteiger partial charge in [0.25, 0.3) is 0 Å². The van der Waals surface area contributed by atoms with Crippen LogP contribution in [0.3, 0.4) is 0 Å². The van der Waals surface area contributed by atoms with Crippen molar-refractivity contribution in [1.82, 2.24) is 5.32 Å². The summed E-state index contributed by atoms with van der Waals surface area (Å²) in [5.74, 6) is 0.564. The van der Waals surface area contributed by atoms with E-state index in [4.69, 9.17) is 0 Å². The molecule has 0 spiro atoms. The Bertz CT molecular complexity index is 311. The summed E-state index contributed by atoms with van der Waals surface area (Å²) in [6, 6.07) is 9.21. The number of rotatable bonds is 6. The van der Waals surface area contributed by atoms with Crippen molar-refractivity contribution in [2.45, 2.75) is 45.6 Å². The molecule has 1 nitrogen and oxygen atoms in total. The Hall–Kier alpha value is -0.340. The number of nitrogens with one attached hydrogen (secondary N) is 1. The van der Waals surface area contributed by atoms with Gasteiger partial charge in [0.05, 0.1) is 0 Å². The predicted octanol–water partition coefficient (Wildman–Crippen LogP) is 4.33. The molecule has 2 atom stereocenters. The van der Waals surface area contributed by atoms with Crippen LogP contribution in [0.15, 0.2) is 28.7 Å². The molecule has 2 unspecified atom stereocenters. The summed E-state index contributed by atoms with van der Waals surface area (Å²) < 4.78 is 1.17. The summed E-state index contributed by atoms with van der Waals surface area (Å²) in [5.41, 5.74) is 1.41. The second-order valence-corrected chi connectivity index (χ2v) is 5.23. The highest BCUT2D eigenvalue weighted by molar-refractivity contribution is 9.10. The van der Waals surface area contributed by atoms with Crippen LogP contribution >= 0.6 is 15.9 Å². The molecule has 0 bridgehead atoms. The molecule has 0 amide bonds. The summed E-state index contributed by atoms with van der Waals surface area (Å²) in [6.07, 6.45) is 2.37. The van der Waals surface area contributed by atoms with Gasteiger partial charge < -0.3 is 5.32 Å². The van der Waals surface area contributed by atoms with Crippen LogP contribution in [0.4, 0.5) is 0 Å². The van der Waals surface area contributed by atoms with Gasteiger partial charge in [-0.1, -0.05) is 48.8 Å². The van der Waals surface area contributed by atoms with Crippen molar-refractivity contribution >= 4 is 15.9 Å². The third kappa shape index (κ3) is 3.91. The topological polar surface area (TPSA) is 12.0 Å². The highest BCUT2D eigenvalue weighted by Gasteiger charge is 2.16. The van der Waals surface area contributed by atoms with Crippen LogP contribution in [-0.4, -0.2) is 12.6 Å². The minimum Gasteiger partial charge on any atom is -0.313 e. The van der Waals surface area contributed by atoms with Gasteiger partial charge in [-0.2, -0.15) is 0 Å². The standard InChI is InChI=1S/C14H22BrN/c1-4-9-16-14(5-2)11(3)12-7-6-8-13(15)10-12/h6-8,10-11,14,16H,4-5,9H2,1-3H3. The molecule has 0 aromatic heterocycles. The first-order valence-electron chi connectivity index (χ1n) is 6.17. The molecule has 0 aliphatic rings. The van der Waals surface area contributed by atoms with Gasteiger partial charge in [-0.15, -0.1) is 0 Å². The molecule has 0 saturated carbocycles. The normalized spacial score (nSPS) is 14.8. The lowest BCUT2D eigenvalue weighted by atomic mass is 9.91. The number of halogens is 1. The van der Waals surface area contributed by atoms with Crippen molar-refractivity contribution in [2.75, 3.05) is 6.54 Å². The van der Waals surface area contributed by atoms with Crippen LogP contribution in [0.5, 0.6) is 0 Å².